The summed E-state index contributed by atoms with van der Waals surface area (Å²) in [5.41, 5.74) is 3.41. The molecule has 1 unspecified atom stereocenters. The SMILES string of the molecule is Cc1nnc(C(C)Sc2nnc(-c3ccc(C(C)(C)C)cc3)n2-c2ccccc2)o1. The molecule has 7 heteroatoms. The zero-order valence-corrected chi connectivity index (χ0v) is 18.6. The fourth-order valence-corrected chi connectivity index (χ4v) is 4.04. The van der Waals surface area contributed by atoms with E-state index in [1.165, 1.54) is 5.56 Å². The molecular weight excluding hydrogens is 394 g/mol. The van der Waals surface area contributed by atoms with Crippen molar-refractivity contribution in [2.24, 2.45) is 0 Å². The first kappa shape index (κ1) is 20.3. The zero-order valence-electron chi connectivity index (χ0n) is 17.8. The third kappa shape index (κ3) is 4.16. The monoisotopic (exact) mass is 419 g/mol. The molecule has 0 fully saturated rings. The van der Waals surface area contributed by atoms with Gasteiger partial charge in [0, 0.05) is 18.2 Å². The number of para-hydroxylation sites is 1. The van der Waals surface area contributed by atoms with Crippen LogP contribution < -0.4 is 0 Å². The van der Waals surface area contributed by atoms with Gasteiger partial charge in [-0.2, -0.15) is 0 Å². The van der Waals surface area contributed by atoms with Crippen LogP contribution in [0.15, 0.2) is 64.2 Å². The van der Waals surface area contributed by atoms with E-state index in [1.807, 2.05) is 25.1 Å². The number of thioether (sulfide) groups is 1. The molecule has 0 spiro atoms. The second-order valence-electron chi connectivity index (χ2n) is 8.22. The zero-order chi connectivity index (χ0) is 21.3. The van der Waals surface area contributed by atoms with Crippen molar-refractivity contribution in [1.29, 1.82) is 0 Å². The smallest absolute Gasteiger partial charge is 0.229 e. The first-order chi connectivity index (χ1) is 14.3. The Morgan fingerprint density at radius 2 is 1.60 bits per heavy atom. The van der Waals surface area contributed by atoms with Gasteiger partial charge in [-0.3, -0.25) is 4.57 Å². The number of hydrogen-bond acceptors (Lipinski definition) is 6. The quantitative estimate of drug-likeness (QED) is 0.382. The van der Waals surface area contributed by atoms with Crippen LogP contribution in [0.2, 0.25) is 0 Å². The molecule has 0 radical (unpaired) electrons. The van der Waals surface area contributed by atoms with Gasteiger partial charge in [0.15, 0.2) is 11.0 Å². The molecule has 2 aromatic heterocycles. The van der Waals surface area contributed by atoms with E-state index < -0.39 is 0 Å². The van der Waals surface area contributed by atoms with E-state index in [-0.39, 0.29) is 10.7 Å². The highest BCUT2D eigenvalue weighted by atomic mass is 32.2. The molecule has 154 valence electrons. The van der Waals surface area contributed by atoms with Crippen molar-refractivity contribution in [3.05, 3.63) is 71.9 Å². The molecule has 0 aliphatic rings. The Hall–Kier alpha value is -2.93. The average molecular weight is 420 g/mol. The van der Waals surface area contributed by atoms with Crippen LogP contribution >= 0.6 is 11.8 Å². The number of benzene rings is 2. The fourth-order valence-electron chi connectivity index (χ4n) is 3.15. The summed E-state index contributed by atoms with van der Waals surface area (Å²) in [6, 6.07) is 18.7. The second kappa shape index (κ2) is 8.07. The van der Waals surface area contributed by atoms with Gasteiger partial charge < -0.3 is 4.42 Å². The third-order valence-corrected chi connectivity index (χ3v) is 5.86. The minimum atomic E-state index is -0.0472. The van der Waals surface area contributed by atoms with Crippen LogP contribution in [0.1, 0.15) is 50.3 Å². The number of aryl methyl sites for hydroxylation is 1. The summed E-state index contributed by atoms with van der Waals surface area (Å²) in [5, 5.41) is 17.8. The lowest BCUT2D eigenvalue weighted by molar-refractivity contribution is 0.470. The normalized spacial score (nSPS) is 12.8. The highest BCUT2D eigenvalue weighted by molar-refractivity contribution is 7.99. The Morgan fingerprint density at radius 3 is 2.20 bits per heavy atom. The van der Waals surface area contributed by atoms with E-state index >= 15 is 0 Å². The molecule has 4 rings (SSSR count). The molecule has 0 saturated carbocycles. The minimum absolute atomic E-state index is 0.0472. The number of hydrogen-bond donors (Lipinski definition) is 0. The van der Waals surface area contributed by atoms with Crippen LogP contribution in [0.3, 0.4) is 0 Å². The molecule has 0 aliphatic carbocycles. The predicted molar refractivity (Wildman–Crippen MR) is 119 cm³/mol. The lowest BCUT2D eigenvalue weighted by atomic mass is 9.87. The molecule has 0 bridgehead atoms. The topological polar surface area (TPSA) is 69.6 Å². The average Bonchev–Trinajstić information content (AvgIpc) is 3.34. The van der Waals surface area contributed by atoms with Gasteiger partial charge in [-0.05, 0) is 30.0 Å². The summed E-state index contributed by atoms with van der Waals surface area (Å²) in [6.45, 7) is 10.5. The number of aromatic nitrogens is 5. The van der Waals surface area contributed by atoms with Crippen LogP contribution in [0.5, 0.6) is 0 Å². The fraction of sp³-hybridized carbons (Fsp3) is 0.304. The van der Waals surface area contributed by atoms with Crippen molar-refractivity contribution in [3.63, 3.8) is 0 Å². The molecule has 2 aromatic carbocycles. The molecule has 0 saturated heterocycles. The maximum absolute atomic E-state index is 5.60. The van der Waals surface area contributed by atoms with E-state index in [1.54, 1.807) is 18.7 Å². The molecule has 0 N–H and O–H groups in total. The van der Waals surface area contributed by atoms with Gasteiger partial charge in [0.25, 0.3) is 0 Å². The third-order valence-electron chi connectivity index (χ3n) is 4.83. The summed E-state index contributed by atoms with van der Waals surface area (Å²) < 4.78 is 7.68. The van der Waals surface area contributed by atoms with E-state index in [9.17, 15) is 0 Å². The van der Waals surface area contributed by atoms with Crippen molar-refractivity contribution in [2.75, 3.05) is 0 Å². The maximum atomic E-state index is 5.60. The molecular formula is C23H25N5OS. The van der Waals surface area contributed by atoms with Crippen LogP contribution in [0.4, 0.5) is 0 Å². The van der Waals surface area contributed by atoms with Crippen molar-refractivity contribution in [1.82, 2.24) is 25.0 Å². The first-order valence-electron chi connectivity index (χ1n) is 9.91. The van der Waals surface area contributed by atoms with E-state index in [0.29, 0.717) is 11.8 Å². The highest BCUT2D eigenvalue weighted by Crippen LogP contribution is 2.36. The van der Waals surface area contributed by atoms with Gasteiger partial charge in [-0.1, -0.05) is 75.0 Å². The summed E-state index contributed by atoms with van der Waals surface area (Å²) in [6.07, 6.45) is 0. The van der Waals surface area contributed by atoms with E-state index in [0.717, 1.165) is 22.2 Å². The molecule has 1 atom stereocenters. The molecule has 30 heavy (non-hydrogen) atoms. The van der Waals surface area contributed by atoms with E-state index in [2.05, 4.69) is 82.1 Å². The summed E-state index contributed by atoms with van der Waals surface area (Å²) >= 11 is 1.55. The molecule has 0 aliphatic heterocycles. The Kier molecular flexibility index (Phi) is 5.47. The van der Waals surface area contributed by atoms with Crippen molar-refractivity contribution < 1.29 is 4.42 Å². The summed E-state index contributed by atoms with van der Waals surface area (Å²) in [4.78, 5) is 0. The van der Waals surface area contributed by atoms with E-state index in [4.69, 9.17) is 4.42 Å². The van der Waals surface area contributed by atoms with Gasteiger partial charge in [-0.15, -0.1) is 20.4 Å². The molecule has 0 amide bonds. The van der Waals surface area contributed by atoms with Crippen LogP contribution in [-0.2, 0) is 5.41 Å². The maximum Gasteiger partial charge on any atom is 0.229 e. The summed E-state index contributed by atoms with van der Waals surface area (Å²) in [7, 11) is 0. The standard InChI is InChI=1S/C23H25N5OS/c1-15(21-26-24-16(2)29-21)30-22-27-25-20(28(22)19-9-7-6-8-10-19)17-11-13-18(14-12-17)23(3,4)5/h6-15H,1-5H3. The van der Waals surface area contributed by atoms with Gasteiger partial charge in [0.2, 0.25) is 11.8 Å². The Labute approximate surface area is 180 Å². The Bertz CT molecular complexity index is 1130. The van der Waals surface area contributed by atoms with Gasteiger partial charge in [0.1, 0.15) is 0 Å². The minimum Gasteiger partial charge on any atom is -0.424 e. The molecule has 4 aromatic rings. The second-order valence-corrected chi connectivity index (χ2v) is 9.53. The lowest BCUT2D eigenvalue weighted by Crippen LogP contribution is -2.10. The van der Waals surface area contributed by atoms with Gasteiger partial charge in [-0.25, -0.2) is 0 Å². The van der Waals surface area contributed by atoms with Crippen molar-refractivity contribution in [3.8, 4) is 17.1 Å². The van der Waals surface area contributed by atoms with Crippen molar-refractivity contribution in [2.45, 2.75) is 50.4 Å². The largest absolute Gasteiger partial charge is 0.424 e. The van der Waals surface area contributed by atoms with Crippen LogP contribution in [0, 0.1) is 6.92 Å². The highest BCUT2D eigenvalue weighted by Gasteiger charge is 2.22. The molecule has 6 nitrogen and oxygen atoms in total. The number of nitrogens with zero attached hydrogens (tertiary/aromatic N) is 5. The predicted octanol–water partition coefficient (Wildman–Crippen LogP) is 5.78. The van der Waals surface area contributed by atoms with Crippen LogP contribution in [0.25, 0.3) is 17.1 Å². The lowest BCUT2D eigenvalue weighted by Gasteiger charge is -2.19. The van der Waals surface area contributed by atoms with Gasteiger partial charge in [0.05, 0.1) is 5.25 Å². The first-order valence-corrected chi connectivity index (χ1v) is 10.8. The van der Waals surface area contributed by atoms with Crippen molar-refractivity contribution >= 4 is 11.8 Å². The number of rotatable bonds is 5. The van der Waals surface area contributed by atoms with Crippen LogP contribution in [-0.4, -0.2) is 25.0 Å². The summed E-state index contributed by atoms with van der Waals surface area (Å²) in [5.74, 6) is 1.94. The van der Waals surface area contributed by atoms with Gasteiger partial charge >= 0.3 is 0 Å². The Balaban J connectivity index is 1.74. The molecule has 2 heterocycles. The Morgan fingerprint density at radius 1 is 0.900 bits per heavy atom.